The zero-order chi connectivity index (χ0) is 25.5. The van der Waals surface area contributed by atoms with E-state index in [1.165, 1.54) is 0 Å². The van der Waals surface area contributed by atoms with Crippen LogP contribution in [0.1, 0.15) is 55.5 Å². The highest BCUT2D eigenvalue weighted by molar-refractivity contribution is 6.74. The molecule has 3 aromatic heterocycles. The lowest BCUT2D eigenvalue weighted by Crippen LogP contribution is -2.43. The van der Waals surface area contributed by atoms with Crippen molar-refractivity contribution in [1.29, 1.82) is 0 Å². The molecular formula is C26H34ClN3O4Si. The van der Waals surface area contributed by atoms with Crippen molar-refractivity contribution in [3.63, 3.8) is 0 Å². The van der Waals surface area contributed by atoms with Gasteiger partial charge in [-0.15, -0.1) is 0 Å². The molecule has 1 amide bonds. The molecule has 3 heterocycles. The number of nitrogens with zero attached hydrogens (tertiary/aromatic N) is 3. The van der Waals surface area contributed by atoms with Gasteiger partial charge in [0.2, 0.25) is 0 Å². The predicted molar refractivity (Wildman–Crippen MR) is 141 cm³/mol. The summed E-state index contributed by atoms with van der Waals surface area (Å²) >= 11 is 6.60. The number of likely N-dealkylation sites (N-methyl/N-ethyl adjacent to an activating group) is 1. The van der Waals surface area contributed by atoms with E-state index < -0.39 is 8.32 Å². The van der Waals surface area contributed by atoms with Crippen molar-refractivity contribution in [3.05, 3.63) is 40.7 Å². The zero-order valence-electron chi connectivity index (χ0n) is 21.6. The molecule has 0 N–H and O–H groups in total. The maximum Gasteiger partial charge on any atom is 0.255 e. The normalized spacial score (nSPS) is 14.4. The molecule has 0 radical (unpaired) electrons. The minimum Gasteiger partial charge on any atom is -0.494 e. The van der Waals surface area contributed by atoms with E-state index in [0.717, 1.165) is 18.4 Å². The predicted octanol–water partition coefficient (Wildman–Crippen LogP) is 6.52. The van der Waals surface area contributed by atoms with Gasteiger partial charge in [0, 0.05) is 32.1 Å². The second kappa shape index (κ2) is 9.56. The van der Waals surface area contributed by atoms with Crippen molar-refractivity contribution in [1.82, 2.24) is 14.9 Å². The standard InChI is InChI=1S/C26H34ClN3O4Si/c1-26(2,3)35(6,7)33-11-10-30(4)25(31)17-12-20(32-5)23(29-14-17)21-13-19-24(34-21)22(27)18(15-28-19)16-8-9-16/h12-16H,8-11H2,1-7H3. The van der Waals surface area contributed by atoms with Gasteiger partial charge in [-0.05, 0) is 48.5 Å². The van der Waals surface area contributed by atoms with Crippen molar-refractivity contribution in [2.75, 3.05) is 27.3 Å². The summed E-state index contributed by atoms with van der Waals surface area (Å²) in [5.74, 6) is 1.26. The average Bonchev–Trinajstić information content (AvgIpc) is 3.55. The highest BCUT2D eigenvalue weighted by Gasteiger charge is 2.37. The number of hydrogen-bond donors (Lipinski definition) is 0. The second-order valence-electron chi connectivity index (χ2n) is 10.7. The van der Waals surface area contributed by atoms with E-state index in [1.807, 2.05) is 6.20 Å². The van der Waals surface area contributed by atoms with Gasteiger partial charge in [-0.3, -0.25) is 9.78 Å². The maximum atomic E-state index is 13.0. The number of carbonyl (C=O) groups is 1. The smallest absolute Gasteiger partial charge is 0.255 e. The topological polar surface area (TPSA) is 77.7 Å². The summed E-state index contributed by atoms with van der Waals surface area (Å²) < 4.78 is 17.8. The first kappa shape index (κ1) is 25.7. The fraction of sp³-hybridized carbons (Fsp3) is 0.500. The summed E-state index contributed by atoms with van der Waals surface area (Å²) in [6.07, 6.45) is 5.63. The number of halogens is 1. The lowest BCUT2D eigenvalue weighted by atomic mass is 10.1. The van der Waals surface area contributed by atoms with Crippen molar-refractivity contribution >= 4 is 36.9 Å². The molecule has 0 bridgehead atoms. The van der Waals surface area contributed by atoms with Crippen LogP contribution >= 0.6 is 11.6 Å². The Balaban J connectivity index is 1.51. The molecule has 1 aliphatic rings. The molecule has 4 rings (SSSR count). The van der Waals surface area contributed by atoms with Crippen LogP contribution < -0.4 is 4.74 Å². The van der Waals surface area contributed by atoms with E-state index in [-0.39, 0.29) is 10.9 Å². The van der Waals surface area contributed by atoms with E-state index in [0.29, 0.717) is 58.0 Å². The largest absolute Gasteiger partial charge is 0.494 e. The van der Waals surface area contributed by atoms with E-state index in [1.54, 1.807) is 37.4 Å². The summed E-state index contributed by atoms with van der Waals surface area (Å²) in [6.45, 7) is 12.0. The number of furan rings is 1. The van der Waals surface area contributed by atoms with E-state index in [9.17, 15) is 4.79 Å². The van der Waals surface area contributed by atoms with Crippen LogP contribution in [0.5, 0.6) is 5.75 Å². The molecule has 0 aromatic carbocycles. The molecule has 0 saturated heterocycles. The third-order valence-electron chi connectivity index (χ3n) is 7.12. The quantitative estimate of drug-likeness (QED) is 0.318. The van der Waals surface area contributed by atoms with Crippen molar-refractivity contribution < 1.29 is 18.4 Å². The average molecular weight is 516 g/mol. The number of aromatic nitrogens is 2. The Kier molecular flexibility index (Phi) is 7.01. The van der Waals surface area contributed by atoms with Crippen LogP contribution in [0, 0.1) is 0 Å². The van der Waals surface area contributed by atoms with Crippen LogP contribution in [0.3, 0.4) is 0 Å². The number of ether oxygens (including phenoxy) is 1. The van der Waals surface area contributed by atoms with E-state index >= 15 is 0 Å². The molecule has 0 unspecified atom stereocenters. The summed E-state index contributed by atoms with van der Waals surface area (Å²) in [5.41, 5.74) is 3.18. The van der Waals surface area contributed by atoms with Crippen LogP contribution in [0.2, 0.25) is 23.2 Å². The van der Waals surface area contributed by atoms with Crippen molar-refractivity contribution in [2.45, 2.75) is 57.7 Å². The first-order valence-corrected chi connectivity index (χ1v) is 15.2. The highest BCUT2D eigenvalue weighted by Crippen LogP contribution is 2.45. The van der Waals surface area contributed by atoms with Crippen molar-refractivity contribution in [3.8, 4) is 17.2 Å². The van der Waals surface area contributed by atoms with Gasteiger partial charge in [-0.25, -0.2) is 4.98 Å². The Morgan fingerprint density at radius 2 is 1.94 bits per heavy atom. The van der Waals surface area contributed by atoms with Gasteiger partial charge in [-0.1, -0.05) is 32.4 Å². The lowest BCUT2D eigenvalue weighted by molar-refractivity contribution is 0.0769. The first-order chi connectivity index (χ1) is 16.4. The van der Waals surface area contributed by atoms with Gasteiger partial charge in [0.05, 0.1) is 24.3 Å². The summed E-state index contributed by atoms with van der Waals surface area (Å²) in [5, 5.41) is 0.731. The monoisotopic (exact) mass is 515 g/mol. The number of amides is 1. The summed E-state index contributed by atoms with van der Waals surface area (Å²) in [7, 11) is 1.45. The fourth-order valence-electron chi connectivity index (χ4n) is 3.64. The molecule has 7 nitrogen and oxygen atoms in total. The van der Waals surface area contributed by atoms with Gasteiger partial charge < -0.3 is 18.5 Å². The van der Waals surface area contributed by atoms with Gasteiger partial charge in [-0.2, -0.15) is 0 Å². The van der Waals surface area contributed by atoms with Crippen LogP contribution in [-0.4, -0.2) is 56.4 Å². The van der Waals surface area contributed by atoms with Gasteiger partial charge >= 0.3 is 0 Å². The van der Waals surface area contributed by atoms with Gasteiger partial charge in [0.25, 0.3) is 5.91 Å². The molecular weight excluding hydrogens is 482 g/mol. The van der Waals surface area contributed by atoms with Gasteiger partial charge in [0.1, 0.15) is 17.0 Å². The summed E-state index contributed by atoms with van der Waals surface area (Å²) in [4.78, 5) is 23.7. The molecule has 0 spiro atoms. The molecule has 9 heteroatoms. The number of fused-ring (bicyclic) bond motifs is 1. The third kappa shape index (κ3) is 5.24. The zero-order valence-corrected chi connectivity index (χ0v) is 23.3. The van der Waals surface area contributed by atoms with Crippen LogP contribution in [-0.2, 0) is 4.43 Å². The Bertz CT molecular complexity index is 1250. The first-order valence-electron chi connectivity index (χ1n) is 11.9. The maximum absolute atomic E-state index is 13.0. The molecule has 188 valence electrons. The third-order valence-corrected chi connectivity index (χ3v) is 12.0. The lowest BCUT2D eigenvalue weighted by Gasteiger charge is -2.36. The Hall–Kier alpha value is -2.42. The molecule has 0 atom stereocenters. The van der Waals surface area contributed by atoms with Gasteiger partial charge in [0.15, 0.2) is 19.7 Å². The van der Waals surface area contributed by atoms with E-state index in [2.05, 4.69) is 43.8 Å². The molecule has 1 fully saturated rings. The second-order valence-corrected chi connectivity index (χ2v) is 15.9. The van der Waals surface area contributed by atoms with Crippen LogP contribution in [0.15, 0.2) is 28.9 Å². The van der Waals surface area contributed by atoms with Crippen molar-refractivity contribution in [2.24, 2.45) is 0 Å². The van der Waals surface area contributed by atoms with E-state index in [4.69, 9.17) is 25.2 Å². The number of carbonyl (C=O) groups excluding carboxylic acids is 1. The summed E-state index contributed by atoms with van der Waals surface area (Å²) in [6, 6.07) is 3.49. The molecule has 3 aromatic rings. The fourth-order valence-corrected chi connectivity index (χ4v) is 5.01. The van der Waals surface area contributed by atoms with Crippen LogP contribution in [0.4, 0.5) is 0 Å². The minimum atomic E-state index is -1.87. The number of methoxy groups -OCH3 is 1. The molecule has 1 saturated carbocycles. The SMILES string of the molecule is COc1cc(C(=O)N(C)CCO[Si](C)(C)C(C)(C)C)cnc1-c1cc2ncc(C3CC3)c(Cl)c2o1. The number of pyridine rings is 2. The molecule has 0 aliphatic heterocycles. The minimum absolute atomic E-state index is 0.124. The Morgan fingerprint density at radius 1 is 1.23 bits per heavy atom. The molecule has 35 heavy (non-hydrogen) atoms. The Labute approximate surface area is 212 Å². The number of hydrogen-bond acceptors (Lipinski definition) is 6. The van der Waals surface area contributed by atoms with Crippen LogP contribution in [0.25, 0.3) is 22.6 Å². The number of rotatable bonds is 8. The highest BCUT2D eigenvalue weighted by atomic mass is 35.5. The Morgan fingerprint density at radius 3 is 2.57 bits per heavy atom. The molecule has 1 aliphatic carbocycles.